The van der Waals surface area contributed by atoms with E-state index in [0.717, 1.165) is 20.8 Å². The molecule has 0 spiro atoms. The van der Waals surface area contributed by atoms with Crippen molar-refractivity contribution in [1.82, 2.24) is 9.97 Å². The minimum absolute atomic E-state index is 0.192. The maximum atomic E-state index is 12.6. The molecule has 2 aromatic carbocycles. The van der Waals surface area contributed by atoms with E-state index in [1.165, 1.54) is 22.7 Å². The molecule has 0 fully saturated rings. The van der Waals surface area contributed by atoms with Crippen LogP contribution >= 0.6 is 34.3 Å². The summed E-state index contributed by atoms with van der Waals surface area (Å²) >= 11 is 8.85. The Labute approximate surface area is 157 Å². The number of benzene rings is 2. The van der Waals surface area contributed by atoms with Crippen LogP contribution in [0, 0.1) is 6.92 Å². The highest BCUT2D eigenvalue weighted by Crippen LogP contribution is 2.31. The molecule has 25 heavy (non-hydrogen) atoms. The first kappa shape index (κ1) is 16.2. The van der Waals surface area contributed by atoms with Crippen molar-refractivity contribution in [2.75, 3.05) is 5.32 Å². The van der Waals surface area contributed by atoms with E-state index < -0.39 is 0 Å². The average Bonchev–Trinajstić information content (AvgIpc) is 3.17. The first-order chi connectivity index (χ1) is 12.1. The van der Waals surface area contributed by atoms with Gasteiger partial charge < -0.3 is 0 Å². The molecule has 0 bridgehead atoms. The van der Waals surface area contributed by atoms with Gasteiger partial charge in [-0.2, -0.15) is 0 Å². The first-order valence-electron chi connectivity index (χ1n) is 7.50. The number of hydrogen-bond donors (Lipinski definition) is 1. The molecule has 4 aromatic rings. The molecule has 4 rings (SSSR count). The summed E-state index contributed by atoms with van der Waals surface area (Å²) < 4.78 is 1.04. The third kappa shape index (κ3) is 3.28. The molecule has 4 nitrogen and oxygen atoms in total. The van der Waals surface area contributed by atoms with Gasteiger partial charge in [0.15, 0.2) is 5.13 Å². The molecule has 1 amide bonds. The van der Waals surface area contributed by atoms with Crippen LogP contribution in [0.15, 0.2) is 48.5 Å². The Kier molecular flexibility index (Phi) is 4.25. The first-order valence-corrected chi connectivity index (χ1v) is 9.51. The zero-order chi connectivity index (χ0) is 17.4. The van der Waals surface area contributed by atoms with Gasteiger partial charge in [-0.05, 0) is 31.2 Å². The number of nitrogens with one attached hydrogen (secondary N) is 1. The fourth-order valence-corrected chi connectivity index (χ4v) is 4.44. The maximum absolute atomic E-state index is 12.6. The number of thiazole rings is 2. The topological polar surface area (TPSA) is 54.9 Å². The van der Waals surface area contributed by atoms with Gasteiger partial charge in [-0.15, -0.1) is 11.3 Å². The molecule has 2 heterocycles. The number of aryl methyl sites for hydroxylation is 1. The van der Waals surface area contributed by atoms with Gasteiger partial charge in [0.1, 0.15) is 9.88 Å². The van der Waals surface area contributed by atoms with Crippen molar-refractivity contribution >= 4 is 55.5 Å². The SMILES string of the molecule is Cc1nc(-c2cccc(Cl)c2)sc1C(=O)Nc1nc2ccccc2s1. The highest BCUT2D eigenvalue weighted by atomic mass is 35.5. The number of carbonyl (C=O) groups is 1. The highest BCUT2D eigenvalue weighted by Gasteiger charge is 2.18. The predicted molar refractivity (Wildman–Crippen MR) is 105 cm³/mol. The smallest absolute Gasteiger partial charge is 0.269 e. The molecule has 0 atom stereocenters. The van der Waals surface area contributed by atoms with Crippen molar-refractivity contribution in [2.24, 2.45) is 0 Å². The number of nitrogens with zero attached hydrogens (tertiary/aromatic N) is 2. The number of rotatable bonds is 3. The number of carbonyl (C=O) groups excluding carboxylic acids is 1. The molecular weight excluding hydrogens is 374 g/mol. The van der Waals surface area contributed by atoms with Gasteiger partial charge in [0, 0.05) is 10.6 Å². The molecule has 7 heteroatoms. The van der Waals surface area contributed by atoms with Gasteiger partial charge in [0.25, 0.3) is 5.91 Å². The van der Waals surface area contributed by atoms with Gasteiger partial charge in [-0.3, -0.25) is 10.1 Å². The number of fused-ring (bicyclic) bond motifs is 1. The number of amides is 1. The Balaban J connectivity index is 1.62. The molecule has 2 aromatic heterocycles. The van der Waals surface area contributed by atoms with E-state index in [1.807, 2.05) is 55.5 Å². The molecule has 0 saturated carbocycles. The zero-order valence-electron chi connectivity index (χ0n) is 13.1. The minimum atomic E-state index is -0.192. The Morgan fingerprint density at radius 1 is 1.08 bits per heavy atom. The van der Waals surface area contributed by atoms with Crippen molar-refractivity contribution in [3.05, 3.63) is 64.1 Å². The second-order valence-corrected chi connectivity index (χ2v) is 7.85. The summed E-state index contributed by atoms with van der Waals surface area (Å²) in [6.07, 6.45) is 0. The number of para-hydroxylation sites is 1. The third-order valence-electron chi connectivity index (χ3n) is 3.59. The molecule has 0 aliphatic carbocycles. The van der Waals surface area contributed by atoms with E-state index in [1.54, 1.807) is 0 Å². The lowest BCUT2D eigenvalue weighted by Gasteiger charge is -1.98. The Morgan fingerprint density at radius 3 is 2.72 bits per heavy atom. The molecule has 0 radical (unpaired) electrons. The lowest BCUT2D eigenvalue weighted by Crippen LogP contribution is -2.11. The third-order valence-corrected chi connectivity index (χ3v) is 5.98. The normalized spacial score (nSPS) is 11.0. The van der Waals surface area contributed by atoms with Gasteiger partial charge in [0.2, 0.25) is 0 Å². The van der Waals surface area contributed by atoms with Crippen molar-refractivity contribution in [1.29, 1.82) is 0 Å². The summed E-state index contributed by atoms with van der Waals surface area (Å²) in [7, 11) is 0. The van der Waals surface area contributed by atoms with Crippen molar-refractivity contribution in [3.8, 4) is 10.6 Å². The minimum Gasteiger partial charge on any atom is -0.297 e. The van der Waals surface area contributed by atoms with Crippen molar-refractivity contribution in [3.63, 3.8) is 0 Å². The highest BCUT2D eigenvalue weighted by molar-refractivity contribution is 7.22. The Hall–Kier alpha value is -2.28. The summed E-state index contributed by atoms with van der Waals surface area (Å²) in [5.41, 5.74) is 2.47. The van der Waals surface area contributed by atoms with Crippen LogP contribution in [-0.2, 0) is 0 Å². The molecule has 0 aliphatic heterocycles. The monoisotopic (exact) mass is 385 g/mol. The zero-order valence-corrected chi connectivity index (χ0v) is 15.5. The van der Waals surface area contributed by atoms with E-state index in [0.29, 0.717) is 20.7 Å². The van der Waals surface area contributed by atoms with Crippen LogP contribution < -0.4 is 5.32 Å². The maximum Gasteiger partial charge on any atom is 0.269 e. The summed E-state index contributed by atoms with van der Waals surface area (Å²) in [5.74, 6) is -0.192. The largest absolute Gasteiger partial charge is 0.297 e. The van der Waals surface area contributed by atoms with E-state index in [9.17, 15) is 4.79 Å². The second-order valence-electron chi connectivity index (χ2n) is 5.38. The van der Waals surface area contributed by atoms with Gasteiger partial charge in [-0.1, -0.05) is 47.2 Å². The van der Waals surface area contributed by atoms with Gasteiger partial charge in [-0.25, -0.2) is 9.97 Å². The summed E-state index contributed by atoms with van der Waals surface area (Å²) in [6, 6.07) is 15.2. The predicted octanol–water partition coefficient (Wildman–Crippen LogP) is 5.63. The van der Waals surface area contributed by atoms with Crippen LogP contribution in [-0.4, -0.2) is 15.9 Å². The van der Waals surface area contributed by atoms with Crippen LogP contribution in [0.4, 0.5) is 5.13 Å². The summed E-state index contributed by atoms with van der Waals surface area (Å²) in [5, 5.41) is 4.88. The van der Waals surface area contributed by atoms with E-state index in [4.69, 9.17) is 11.6 Å². The van der Waals surface area contributed by atoms with Gasteiger partial charge >= 0.3 is 0 Å². The van der Waals surface area contributed by atoms with Crippen molar-refractivity contribution in [2.45, 2.75) is 6.92 Å². The fraction of sp³-hybridized carbons (Fsp3) is 0.0556. The number of anilines is 1. The average molecular weight is 386 g/mol. The van der Waals surface area contributed by atoms with Crippen molar-refractivity contribution < 1.29 is 4.79 Å². The Morgan fingerprint density at radius 2 is 1.92 bits per heavy atom. The number of halogens is 1. The standard InChI is InChI=1S/C18H12ClN3OS2/c1-10-15(25-17(20-10)11-5-4-6-12(19)9-11)16(23)22-18-21-13-7-2-3-8-14(13)24-18/h2-9H,1H3,(H,21,22,23). The van der Waals surface area contributed by atoms with E-state index >= 15 is 0 Å². The van der Waals surface area contributed by atoms with E-state index in [-0.39, 0.29) is 5.91 Å². The molecule has 0 aliphatic rings. The molecule has 0 saturated heterocycles. The van der Waals surface area contributed by atoms with Crippen LogP contribution in [0.25, 0.3) is 20.8 Å². The van der Waals surface area contributed by atoms with Crippen LogP contribution in [0.2, 0.25) is 5.02 Å². The second kappa shape index (κ2) is 6.55. The number of aromatic nitrogens is 2. The number of hydrogen-bond acceptors (Lipinski definition) is 5. The quantitative estimate of drug-likeness (QED) is 0.497. The molecule has 0 unspecified atom stereocenters. The summed E-state index contributed by atoms with van der Waals surface area (Å²) in [4.78, 5) is 22.1. The molecule has 124 valence electrons. The fourth-order valence-electron chi connectivity index (χ4n) is 2.43. The van der Waals surface area contributed by atoms with Gasteiger partial charge in [0.05, 0.1) is 15.9 Å². The van der Waals surface area contributed by atoms with Crippen LogP contribution in [0.3, 0.4) is 0 Å². The van der Waals surface area contributed by atoms with Crippen LogP contribution in [0.5, 0.6) is 0 Å². The Bertz CT molecular complexity index is 1050. The van der Waals surface area contributed by atoms with E-state index in [2.05, 4.69) is 15.3 Å². The summed E-state index contributed by atoms with van der Waals surface area (Å²) in [6.45, 7) is 1.83. The lowest BCUT2D eigenvalue weighted by molar-refractivity contribution is 0.103. The lowest BCUT2D eigenvalue weighted by atomic mass is 10.2. The molecular formula is C18H12ClN3OS2. The molecule has 1 N–H and O–H groups in total. The van der Waals surface area contributed by atoms with Crippen LogP contribution in [0.1, 0.15) is 15.4 Å².